The fraction of sp³-hybridized carbons (Fsp3) is 0.261. The van der Waals surface area contributed by atoms with E-state index in [0.29, 0.717) is 0 Å². The fourth-order valence-corrected chi connectivity index (χ4v) is 3.89. The van der Waals surface area contributed by atoms with Crippen LogP contribution >= 0.6 is 0 Å². The summed E-state index contributed by atoms with van der Waals surface area (Å²) >= 11 is 0. The minimum absolute atomic E-state index is 0.725. The van der Waals surface area contributed by atoms with Gasteiger partial charge in [0.15, 0.2) is 0 Å². The summed E-state index contributed by atoms with van der Waals surface area (Å²) in [7, 11) is 1.72. The van der Waals surface area contributed by atoms with Gasteiger partial charge in [-0.2, -0.15) is 5.26 Å². The average Bonchev–Trinajstić information content (AvgIpc) is 2.74. The molecule has 3 aromatic carbocycles. The van der Waals surface area contributed by atoms with Crippen molar-refractivity contribution in [3.05, 3.63) is 71.8 Å². The second-order valence-electron chi connectivity index (χ2n) is 6.82. The second-order valence-corrected chi connectivity index (χ2v) is 6.82. The van der Waals surface area contributed by atoms with Crippen molar-refractivity contribution in [1.29, 1.82) is 5.26 Å². The summed E-state index contributed by atoms with van der Waals surface area (Å²) in [6.45, 7) is 2.79. The van der Waals surface area contributed by atoms with E-state index in [1.54, 1.807) is 7.11 Å². The molecule has 0 saturated carbocycles. The number of nitriles is 1. The molecule has 1 aliphatic rings. The topological polar surface area (TPSA) is 39.5 Å². The zero-order valence-corrected chi connectivity index (χ0v) is 15.6. The predicted molar refractivity (Wildman–Crippen MR) is 109 cm³/mol. The molecule has 3 aromatic rings. The van der Waals surface area contributed by atoms with Gasteiger partial charge in [0.05, 0.1) is 24.4 Å². The molecule has 0 atom stereocenters. The monoisotopic (exact) mass is 357 g/mol. The zero-order chi connectivity index (χ0) is 18.6. The Bertz CT molecular complexity index is 992. The second kappa shape index (κ2) is 7.69. The molecule has 1 heterocycles. The molecule has 1 saturated heterocycles. The summed E-state index contributed by atoms with van der Waals surface area (Å²) in [5.41, 5.74) is 3.08. The number of nitrogens with zero attached hydrogens (tertiary/aromatic N) is 3. The molecule has 1 fully saturated rings. The van der Waals surface area contributed by atoms with Crippen LogP contribution in [0.15, 0.2) is 60.7 Å². The summed E-state index contributed by atoms with van der Waals surface area (Å²) in [4.78, 5) is 0. The van der Waals surface area contributed by atoms with Crippen molar-refractivity contribution in [2.75, 3.05) is 25.2 Å². The van der Waals surface area contributed by atoms with Gasteiger partial charge >= 0.3 is 0 Å². The SMILES string of the molecule is COc1ccccc1CN1CCCCN1c1ccc(C#N)c2ccccc12. The Morgan fingerprint density at radius 2 is 1.67 bits per heavy atom. The first-order valence-electron chi connectivity index (χ1n) is 9.38. The molecule has 0 N–H and O–H groups in total. The summed E-state index contributed by atoms with van der Waals surface area (Å²) < 4.78 is 5.55. The largest absolute Gasteiger partial charge is 0.496 e. The number of methoxy groups -OCH3 is 1. The van der Waals surface area contributed by atoms with Crippen LogP contribution in [0, 0.1) is 11.3 Å². The Kier molecular flexibility index (Phi) is 4.95. The summed E-state index contributed by atoms with van der Waals surface area (Å²) in [5.74, 6) is 0.924. The Morgan fingerprint density at radius 3 is 2.48 bits per heavy atom. The third kappa shape index (κ3) is 3.34. The van der Waals surface area contributed by atoms with Crippen molar-refractivity contribution in [3.63, 3.8) is 0 Å². The number of para-hydroxylation sites is 1. The molecular weight excluding hydrogens is 334 g/mol. The number of ether oxygens (including phenoxy) is 1. The number of hydrogen-bond acceptors (Lipinski definition) is 4. The van der Waals surface area contributed by atoms with E-state index in [2.05, 4.69) is 40.4 Å². The zero-order valence-electron chi connectivity index (χ0n) is 15.6. The van der Waals surface area contributed by atoms with Gasteiger partial charge in [-0.1, -0.05) is 42.5 Å². The van der Waals surface area contributed by atoms with Gasteiger partial charge in [0.25, 0.3) is 0 Å². The van der Waals surface area contributed by atoms with Gasteiger partial charge < -0.3 is 9.75 Å². The van der Waals surface area contributed by atoms with Gasteiger partial charge in [-0.25, -0.2) is 5.01 Å². The number of fused-ring (bicyclic) bond motifs is 1. The molecule has 4 nitrogen and oxygen atoms in total. The van der Waals surface area contributed by atoms with Crippen LogP contribution in [0.25, 0.3) is 10.8 Å². The Balaban J connectivity index is 1.73. The maximum absolute atomic E-state index is 9.45. The predicted octanol–water partition coefficient (Wildman–Crippen LogP) is 4.74. The van der Waals surface area contributed by atoms with E-state index in [9.17, 15) is 5.26 Å². The van der Waals surface area contributed by atoms with Gasteiger partial charge in [0.1, 0.15) is 5.75 Å². The molecule has 1 aliphatic heterocycles. The van der Waals surface area contributed by atoms with E-state index in [4.69, 9.17) is 4.74 Å². The Hall–Kier alpha value is -3.03. The molecule has 4 rings (SSSR count). The van der Waals surface area contributed by atoms with Crippen molar-refractivity contribution >= 4 is 16.5 Å². The maximum Gasteiger partial charge on any atom is 0.123 e. The first-order valence-corrected chi connectivity index (χ1v) is 9.38. The quantitative estimate of drug-likeness (QED) is 0.676. The lowest BCUT2D eigenvalue weighted by Gasteiger charge is -2.41. The van der Waals surface area contributed by atoms with Crippen LogP contribution < -0.4 is 9.75 Å². The molecule has 0 unspecified atom stereocenters. The van der Waals surface area contributed by atoms with E-state index < -0.39 is 0 Å². The average molecular weight is 357 g/mol. The normalized spacial score (nSPS) is 14.9. The van der Waals surface area contributed by atoms with Crippen LogP contribution in [0.1, 0.15) is 24.0 Å². The summed E-state index contributed by atoms with van der Waals surface area (Å²) in [5, 5.41) is 16.4. The van der Waals surface area contributed by atoms with E-state index in [-0.39, 0.29) is 0 Å². The summed E-state index contributed by atoms with van der Waals surface area (Å²) in [6.07, 6.45) is 2.34. The third-order valence-corrected chi connectivity index (χ3v) is 5.22. The number of hydrogen-bond donors (Lipinski definition) is 0. The van der Waals surface area contributed by atoms with Gasteiger partial charge in [-0.15, -0.1) is 0 Å². The lowest BCUT2D eigenvalue weighted by Crippen LogP contribution is -2.47. The highest BCUT2D eigenvalue weighted by Gasteiger charge is 2.23. The molecule has 0 amide bonds. The van der Waals surface area contributed by atoms with Crippen LogP contribution in [0.2, 0.25) is 0 Å². The van der Waals surface area contributed by atoms with Crippen LogP contribution in [0.5, 0.6) is 5.75 Å². The van der Waals surface area contributed by atoms with E-state index in [1.165, 1.54) is 17.7 Å². The van der Waals surface area contributed by atoms with Crippen LogP contribution in [-0.2, 0) is 6.54 Å². The van der Waals surface area contributed by atoms with Crippen LogP contribution in [0.4, 0.5) is 5.69 Å². The number of anilines is 1. The van der Waals surface area contributed by atoms with Gasteiger partial charge in [0.2, 0.25) is 0 Å². The number of hydrazine groups is 1. The van der Waals surface area contributed by atoms with Crippen molar-refractivity contribution in [1.82, 2.24) is 5.01 Å². The van der Waals surface area contributed by atoms with Crippen LogP contribution in [0.3, 0.4) is 0 Å². The molecule has 0 radical (unpaired) electrons. The van der Waals surface area contributed by atoms with Crippen molar-refractivity contribution in [2.24, 2.45) is 0 Å². The highest BCUT2D eigenvalue weighted by molar-refractivity contribution is 5.97. The Labute approximate surface area is 160 Å². The first kappa shape index (κ1) is 17.4. The first-order chi connectivity index (χ1) is 13.3. The van der Waals surface area contributed by atoms with E-state index in [1.807, 2.05) is 36.4 Å². The molecular formula is C23H23N3O. The molecule has 0 aliphatic carbocycles. The third-order valence-electron chi connectivity index (χ3n) is 5.22. The standard InChI is InChI=1S/C23H23N3O/c1-27-23-11-5-2-8-19(23)17-25-14-6-7-15-26(25)22-13-12-18(16-24)20-9-3-4-10-21(20)22/h2-5,8-13H,6-7,14-15,17H2,1H3. The number of rotatable bonds is 4. The minimum Gasteiger partial charge on any atom is -0.496 e. The summed E-state index contributed by atoms with van der Waals surface area (Å²) in [6, 6.07) is 22.7. The minimum atomic E-state index is 0.725. The Morgan fingerprint density at radius 1 is 0.926 bits per heavy atom. The van der Waals surface area contributed by atoms with Gasteiger partial charge in [-0.3, -0.25) is 0 Å². The van der Waals surface area contributed by atoms with E-state index >= 15 is 0 Å². The smallest absolute Gasteiger partial charge is 0.123 e. The number of benzene rings is 3. The van der Waals surface area contributed by atoms with E-state index in [0.717, 1.165) is 48.1 Å². The fourth-order valence-electron chi connectivity index (χ4n) is 3.89. The van der Waals surface area contributed by atoms with Gasteiger partial charge in [-0.05, 0) is 31.0 Å². The highest BCUT2D eigenvalue weighted by atomic mass is 16.5. The highest BCUT2D eigenvalue weighted by Crippen LogP contribution is 2.33. The molecule has 0 aromatic heterocycles. The lowest BCUT2D eigenvalue weighted by atomic mass is 10.0. The van der Waals surface area contributed by atoms with Gasteiger partial charge in [0, 0.05) is 36.0 Å². The molecule has 0 spiro atoms. The van der Waals surface area contributed by atoms with Crippen LogP contribution in [-0.4, -0.2) is 25.2 Å². The molecule has 4 heteroatoms. The van der Waals surface area contributed by atoms with Crippen molar-refractivity contribution in [2.45, 2.75) is 19.4 Å². The molecule has 0 bridgehead atoms. The molecule has 27 heavy (non-hydrogen) atoms. The van der Waals surface area contributed by atoms with Crippen molar-refractivity contribution < 1.29 is 4.74 Å². The lowest BCUT2D eigenvalue weighted by molar-refractivity contribution is 0.202. The van der Waals surface area contributed by atoms with Crippen molar-refractivity contribution in [3.8, 4) is 11.8 Å². The molecule has 136 valence electrons. The maximum atomic E-state index is 9.45.